The van der Waals surface area contributed by atoms with Crippen molar-refractivity contribution >= 4 is 23.8 Å². The molecule has 27 heavy (non-hydrogen) atoms. The summed E-state index contributed by atoms with van der Waals surface area (Å²) >= 11 is 0. The predicted molar refractivity (Wildman–Crippen MR) is 98.2 cm³/mol. The van der Waals surface area contributed by atoms with Crippen molar-refractivity contribution in [2.45, 2.75) is 32.6 Å². The quantitative estimate of drug-likeness (QED) is 0.727. The lowest BCUT2D eigenvalue weighted by Gasteiger charge is -2.19. The SMILES string of the molecule is CC(C)(C)c1ccc(C(=O)NCCC(=O)OCC(=O)N2CCNC2=O)cc1. The number of nitrogens with one attached hydrogen (secondary N) is 2. The van der Waals surface area contributed by atoms with Gasteiger partial charge in [-0.05, 0) is 23.1 Å². The van der Waals surface area contributed by atoms with E-state index < -0.39 is 24.5 Å². The number of urea groups is 1. The zero-order chi connectivity index (χ0) is 20.0. The van der Waals surface area contributed by atoms with Crippen LogP contribution in [0.5, 0.6) is 0 Å². The van der Waals surface area contributed by atoms with E-state index in [0.29, 0.717) is 12.1 Å². The van der Waals surface area contributed by atoms with Crippen LogP contribution in [0, 0.1) is 0 Å². The standard InChI is InChI=1S/C19H25N3O5/c1-19(2,3)14-6-4-13(5-7-14)17(25)20-9-8-16(24)27-12-15(23)22-11-10-21-18(22)26/h4-7H,8-12H2,1-3H3,(H,20,25)(H,21,26). The van der Waals surface area contributed by atoms with Gasteiger partial charge in [0.05, 0.1) is 6.42 Å². The largest absolute Gasteiger partial charge is 0.455 e. The molecule has 4 amide bonds. The fourth-order valence-electron chi connectivity index (χ4n) is 2.50. The van der Waals surface area contributed by atoms with E-state index >= 15 is 0 Å². The second-order valence-electron chi connectivity index (χ2n) is 7.27. The zero-order valence-corrected chi connectivity index (χ0v) is 15.8. The van der Waals surface area contributed by atoms with Gasteiger partial charge in [-0.25, -0.2) is 4.79 Å². The van der Waals surface area contributed by atoms with Crippen LogP contribution in [0.1, 0.15) is 43.1 Å². The number of rotatable bonds is 6. The molecule has 1 heterocycles. The summed E-state index contributed by atoms with van der Waals surface area (Å²) in [6.45, 7) is 6.53. The number of benzene rings is 1. The number of hydrogen-bond donors (Lipinski definition) is 2. The molecule has 1 fully saturated rings. The first kappa shape index (κ1) is 20.4. The number of hydrogen-bond acceptors (Lipinski definition) is 5. The number of carbonyl (C=O) groups excluding carboxylic acids is 4. The molecular weight excluding hydrogens is 350 g/mol. The number of ether oxygens (including phenoxy) is 1. The lowest BCUT2D eigenvalue weighted by atomic mass is 9.87. The molecule has 0 unspecified atom stereocenters. The van der Waals surface area contributed by atoms with Crippen LogP contribution in [0.4, 0.5) is 4.79 Å². The smallest absolute Gasteiger partial charge is 0.324 e. The van der Waals surface area contributed by atoms with Crippen molar-refractivity contribution in [1.82, 2.24) is 15.5 Å². The van der Waals surface area contributed by atoms with Crippen LogP contribution in [0.25, 0.3) is 0 Å². The van der Waals surface area contributed by atoms with Crippen LogP contribution in [0.15, 0.2) is 24.3 Å². The Morgan fingerprint density at radius 3 is 2.41 bits per heavy atom. The second-order valence-corrected chi connectivity index (χ2v) is 7.27. The number of nitrogens with zero attached hydrogens (tertiary/aromatic N) is 1. The summed E-state index contributed by atoms with van der Waals surface area (Å²) < 4.78 is 4.84. The minimum Gasteiger partial charge on any atom is -0.455 e. The van der Waals surface area contributed by atoms with Crippen molar-refractivity contribution in [3.05, 3.63) is 35.4 Å². The van der Waals surface area contributed by atoms with Crippen molar-refractivity contribution in [2.24, 2.45) is 0 Å². The highest BCUT2D eigenvalue weighted by Crippen LogP contribution is 2.22. The lowest BCUT2D eigenvalue weighted by molar-refractivity contribution is -0.150. The van der Waals surface area contributed by atoms with E-state index in [2.05, 4.69) is 31.4 Å². The average Bonchev–Trinajstić information content (AvgIpc) is 3.05. The third-order valence-electron chi connectivity index (χ3n) is 4.14. The van der Waals surface area contributed by atoms with Crippen LogP contribution < -0.4 is 10.6 Å². The Morgan fingerprint density at radius 1 is 1.19 bits per heavy atom. The molecule has 1 aromatic rings. The third kappa shape index (κ3) is 5.80. The van der Waals surface area contributed by atoms with Gasteiger partial charge in [0.2, 0.25) is 0 Å². The molecule has 1 aliphatic rings. The highest BCUT2D eigenvalue weighted by molar-refractivity contribution is 5.97. The van der Waals surface area contributed by atoms with E-state index in [1.54, 1.807) is 12.1 Å². The van der Waals surface area contributed by atoms with Gasteiger partial charge in [0.25, 0.3) is 11.8 Å². The van der Waals surface area contributed by atoms with Gasteiger partial charge < -0.3 is 15.4 Å². The van der Waals surface area contributed by atoms with Crippen LogP contribution in [-0.2, 0) is 19.7 Å². The van der Waals surface area contributed by atoms with E-state index in [1.807, 2.05) is 12.1 Å². The average molecular weight is 375 g/mol. The van der Waals surface area contributed by atoms with Gasteiger partial charge in [-0.1, -0.05) is 32.9 Å². The van der Waals surface area contributed by atoms with E-state index in [9.17, 15) is 19.2 Å². The van der Waals surface area contributed by atoms with E-state index in [0.717, 1.165) is 10.5 Å². The maximum absolute atomic E-state index is 12.1. The van der Waals surface area contributed by atoms with Crippen molar-refractivity contribution in [3.63, 3.8) is 0 Å². The molecule has 0 atom stereocenters. The maximum Gasteiger partial charge on any atom is 0.324 e. The van der Waals surface area contributed by atoms with E-state index in [1.165, 1.54) is 0 Å². The van der Waals surface area contributed by atoms with Crippen LogP contribution in [0.3, 0.4) is 0 Å². The summed E-state index contributed by atoms with van der Waals surface area (Å²) in [5, 5.41) is 5.13. The molecule has 8 nitrogen and oxygen atoms in total. The first-order valence-electron chi connectivity index (χ1n) is 8.81. The van der Waals surface area contributed by atoms with Gasteiger partial charge >= 0.3 is 12.0 Å². The van der Waals surface area contributed by atoms with Gasteiger partial charge in [0, 0.05) is 25.2 Å². The molecule has 0 spiro atoms. The number of imide groups is 1. The Kier molecular flexibility index (Phi) is 6.55. The second kappa shape index (κ2) is 8.66. The normalized spacial score (nSPS) is 13.9. The summed E-state index contributed by atoms with van der Waals surface area (Å²) in [6.07, 6.45) is -0.0642. The molecule has 146 valence electrons. The minimum atomic E-state index is -0.619. The summed E-state index contributed by atoms with van der Waals surface area (Å²) in [5.41, 5.74) is 1.64. The third-order valence-corrected chi connectivity index (χ3v) is 4.14. The first-order chi connectivity index (χ1) is 12.7. The van der Waals surface area contributed by atoms with Gasteiger partial charge in [-0.15, -0.1) is 0 Å². The van der Waals surface area contributed by atoms with Gasteiger partial charge in [-0.2, -0.15) is 0 Å². The Labute approximate surface area is 158 Å². The lowest BCUT2D eigenvalue weighted by Crippen LogP contribution is -2.37. The van der Waals surface area contributed by atoms with E-state index in [4.69, 9.17) is 4.74 Å². The van der Waals surface area contributed by atoms with Crippen LogP contribution in [0.2, 0.25) is 0 Å². The molecule has 2 N–H and O–H groups in total. The van der Waals surface area contributed by atoms with Gasteiger partial charge in [0.1, 0.15) is 0 Å². The highest BCUT2D eigenvalue weighted by atomic mass is 16.5. The Morgan fingerprint density at radius 2 is 1.85 bits per heavy atom. The molecule has 0 aromatic heterocycles. The molecule has 0 aliphatic carbocycles. The Hall–Kier alpha value is -2.90. The topological polar surface area (TPSA) is 105 Å². The minimum absolute atomic E-state index is 0.00590. The molecule has 1 saturated heterocycles. The predicted octanol–water partition coefficient (Wildman–Crippen LogP) is 1.20. The van der Waals surface area contributed by atoms with E-state index in [-0.39, 0.29) is 30.8 Å². The van der Waals surface area contributed by atoms with Gasteiger partial charge in [0.15, 0.2) is 6.61 Å². The zero-order valence-electron chi connectivity index (χ0n) is 15.8. The molecule has 0 bridgehead atoms. The first-order valence-corrected chi connectivity index (χ1v) is 8.81. The van der Waals surface area contributed by atoms with Crippen molar-refractivity contribution in [2.75, 3.05) is 26.2 Å². The van der Waals surface area contributed by atoms with Gasteiger partial charge in [-0.3, -0.25) is 19.3 Å². The summed E-state index contributed by atoms with van der Waals surface area (Å²) in [6, 6.07) is 6.81. The summed E-state index contributed by atoms with van der Waals surface area (Å²) in [7, 11) is 0. The maximum atomic E-state index is 12.1. The molecule has 0 saturated carbocycles. The molecule has 0 radical (unpaired) electrons. The highest BCUT2D eigenvalue weighted by Gasteiger charge is 2.26. The Balaban J connectivity index is 1.70. The fraction of sp³-hybridized carbons (Fsp3) is 0.474. The molecular formula is C19H25N3O5. The summed E-state index contributed by atoms with van der Waals surface area (Å²) in [4.78, 5) is 47.8. The van der Waals surface area contributed by atoms with Crippen LogP contribution in [-0.4, -0.2) is 55.0 Å². The van der Waals surface area contributed by atoms with Crippen molar-refractivity contribution < 1.29 is 23.9 Å². The molecule has 2 rings (SSSR count). The number of amides is 4. The van der Waals surface area contributed by atoms with Crippen LogP contribution >= 0.6 is 0 Å². The van der Waals surface area contributed by atoms with Crippen molar-refractivity contribution in [3.8, 4) is 0 Å². The fourth-order valence-corrected chi connectivity index (χ4v) is 2.50. The molecule has 1 aromatic carbocycles. The molecule has 8 heteroatoms. The number of carbonyl (C=O) groups is 4. The Bertz CT molecular complexity index is 722. The number of esters is 1. The monoisotopic (exact) mass is 375 g/mol. The summed E-state index contributed by atoms with van der Waals surface area (Å²) in [5.74, 6) is -1.47. The van der Waals surface area contributed by atoms with Crippen molar-refractivity contribution in [1.29, 1.82) is 0 Å². The molecule has 1 aliphatic heterocycles.